The van der Waals surface area contributed by atoms with Gasteiger partial charge in [-0.2, -0.15) is 0 Å². The van der Waals surface area contributed by atoms with Gasteiger partial charge >= 0.3 is 4.87 Å². The van der Waals surface area contributed by atoms with Crippen molar-refractivity contribution in [2.75, 3.05) is 23.0 Å². The molecule has 13 heteroatoms. The highest BCUT2D eigenvalue weighted by Crippen LogP contribution is 2.36. The molecule has 0 unspecified atom stereocenters. The second-order valence-corrected chi connectivity index (χ2v) is 10.2. The van der Waals surface area contributed by atoms with Crippen molar-refractivity contribution in [1.82, 2.24) is 4.57 Å². The van der Waals surface area contributed by atoms with Crippen molar-refractivity contribution < 1.29 is 22.9 Å². The van der Waals surface area contributed by atoms with Crippen LogP contribution >= 0.6 is 11.3 Å². The summed E-state index contributed by atoms with van der Waals surface area (Å²) in [6, 6.07) is 7.30. The Morgan fingerprint density at radius 1 is 1.26 bits per heavy atom. The molecule has 0 saturated heterocycles. The lowest BCUT2D eigenvalue weighted by atomic mass is 10.1. The van der Waals surface area contributed by atoms with Gasteiger partial charge in [-0.1, -0.05) is 18.3 Å². The number of sulfonamides is 1. The van der Waals surface area contributed by atoms with Crippen molar-refractivity contribution in [2.24, 2.45) is 0 Å². The smallest absolute Gasteiger partial charge is 0.308 e. The minimum absolute atomic E-state index is 0.0642. The summed E-state index contributed by atoms with van der Waals surface area (Å²) in [7, 11) is -2.75. The lowest BCUT2D eigenvalue weighted by Crippen LogP contribution is -2.47. The number of anilines is 2. The molecule has 1 aromatic heterocycles. The highest BCUT2D eigenvalue weighted by molar-refractivity contribution is 7.92. The maximum Gasteiger partial charge on any atom is 0.308 e. The first-order chi connectivity index (χ1) is 16.0. The number of thiazole rings is 1. The van der Waals surface area contributed by atoms with Crippen molar-refractivity contribution >= 4 is 54.5 Å². The second kappa shape index (κ2) is 9.81. The molecule has 182 valence electrons. The van der Waals surface area contributed by atoms with E-state index >= 15 is 0 Å². The number of hydrogen-bond donors (Lipinski definition) is 1. The molecular formula is C21H24N4O7S2. The Bertz CT molecular complexity index is 1410. The third-order valence-electron chi connectivity index (χ3n) is 5.19. The SMILES string of the molecule is CC[C@H](C(=O)Nc1ccc2c(c1)sc(=O)n2CC)N(c1cc([N+](=O)[O-])ccc1OC)S(C)(=O)=O. The molecular weight excluding hydrogens is 484 g/mol. The van der Waals surface area contributed by atoms with Gasteiger partial charge in [-0.15, -0.1) is 0 Å². The fraction of sp³-hybridized carbons (Fsp3) is 0.333. The summed E-state index contributed by atoms with van der Waals surface area (Å²) in [5, 5.41) is 14.0. The number of aryl methyl sites for hydroxylation is 1. The van der Waals surface area contributed by atoms with E-state index in [1.54, 1.807) is 29.7 Å². The number of amides is 1. The van der Waals surface area contributed by atoms with Gasteiger partial charge in [0.15, 0.2) is 0 Å². The Kier molecular flexibility index (Phi) is 7.26. The van der Waals surface area contributed by atoms with Crippen LogP contribution in [0.3, 0.4) is 0 Å². The summed E-state index contributed by atoms with van der Waals surface area (Å²) >= 11 is 1.04. The normalized spacial score (nSPS) is 12.4. The number of nitrogens with zero attached hydrogens (tertiary/aromatic N) is 3. The van der Waals surface area contributed by atoms with Gasteiger partial charge in [0.25, 0.3) is 5.69 Å². The summed E-state index contributed by atoms with van der Waals surface area (Å²) in [5.74, 6) is -0.572. The van der Waals surface area contributed by atoms with Crippen LogP contribution in [-0.2, 0) is 21.4 Å². The van der Waals surface area contributed by atoms with Crippen molar-refractivity contribution in [3.05, 3.63) is 56.2 Å². The highest BCUT2D eigenvalue weighted by atomic mass is 32.2. The van der Waals surface area contributed by atoms with E-state index in [9.17, 15) is 28.1 Å². The van der Waals surface area contributed by atoms with Crippen LogP contribution in [0.15, 0.2) is 41.2 Å². The third kappa shape index (κ3) is 4.89. The number of aromatic nitrogens is 1. The van der Waals surface area contributed by atoms with Crippen LogP contribution in [0.4, 0.5) is 17.1 Å². The number of hydrogen-bond acceptors (Lipinski definition) is 8. The fourth-order valence-electron chi connectivity index (χ4n) is 3.67. The molecule has 2 aromatic carbocycles. The van der Waals surface area contributed by atoms with E-state index in [4.69, 9.17) is 4.74 Å². The Morgan fingerprint density at radius 3 is 2.53 bits per heavy atom. The van der Waals surface area contributed by atoms with Crippen molar-refractivity contribution in [2.45, 2.75) is 32.9 Å². The number of carbonyl (C=O) groups excluding carboxylic acids is 1. The van der Waals surface area contributed by atoms with E-state index in [1.165, 1.54) is 19.2 Å². The van der Waals surface area contributed by atoms with Crippen LogP contribution in [0.2, 0.25) is 0 Å². The van der Waals surface area contributed by atoms with E-state index in [1.807, 2.05) is 6.92 Å². The third-order valence-corrected chi connectivity index (χ3v) is 7.30. The summed E-state index contributed by atoms with van der Waals surface area (Å²) in [4.78, 5) is 35.9. The number of nitrogens with one attached hydrogen (secondary N) is 1. The zero-order chi connectivity index (χ0) is 25.2. The maximum absolute atomic E-state index is 13.2. The maximum atomic E-state index is 13.2. The van der Waals surface area contributed by atoms with Crippen molar-refractivity contribution in [3.8, 4) is 5.75 Å². The number of ether oxygens (including phenoxy) is 1. The summed E-state index contributed by atoms with van der Waals surface area (Å²) in [5.41, 5.74) is 0.664. The molecule has 1 atom stereocenters. The predicted molar refractivity (Wildman–Crippen MR) is 131 cm³/mol. The molecule has 0 bridgehead atoms. The molecule has 0 spiro atoms. The number of carbonyl (C=O) groups is 1. The van der Waals surface area contributed by atoms with Crippen LogP contribution in [-0.4, -0.2) is 43.2 Å². The average molecular weight is 509 g/mol. The number of fused-ring (bicyclic) bond motifs is 1. The minimum Gasteiger partial charge on any atom is -0.495 e. The molecule has 0 aliphatic rings. The standard InChI is InChI=1S/C21H24N4O7S2/c1-5-15(20(26)22-13-7-9-16-19(11-13)33-21(27)23(16)6-2)24(34(4,30)31)17-12-14(25(28)29)8-10-18(17)32-3/h7-12,15H,5-6H2,1-4H3,(H,22,26)/t15-/m1/s1. The zero-order valence-corrected chi connectivity index (χ0v) is 20.6. The topological polar surface area (TPSA) is 141 Å². The second-order valence-electron chi connectivity index (χ2n) is 7.38. The van der Waals surface area contributed by atoms with Gasteiger partial charge in [-0.3, -0.25) is 28.6 Å². The van der Waals surface area contributed by atoms with Gasteiger partial charge in [-0.05, 0) is 37.6 Å². The molecule has 1 amide bonds. The highest BCUT2D eigenvalue weighted by Gasteiger charge is 2.34. The number of methoxy groups -OCH3 is 1. The van der Waals surface area contributed by atoms with Gasteiger partial charge < -0.3 is 10.1 Å². The molecule has 0 aliphatic carbocycles. The monoisotopic (exact) mass is 508 g/mol. The molecule has 0 saturated carbocycles. The molecule has 0 fully saturated rings. The quantitative estimate of drug-likeness (QED) is 0.346. The van der Waals surface area contributed by atoms with Crippen LogP contribution in [0, 0.1) is 10.1 Å². The average Bonchev–Trinajstić information content (AvgIpc) is 3.09. The molecule has 3 aromatic rings. The van der Waals surface area contributed by atoms with Crippen LogP contribution in [0.1, 0.15) is 20.3 Å². The van der Waals surface area contributed by atoms with E-state index in [2.05, 4.69) is 5.32 Å². The molecule has 0 aliphatic heterocycles. The molecule has 11 nitrogen and oxygen atoms in total. The number of benzene rings is 2. The van der Waals surface area contributed by atoms with Crippen molar-refractivity contribution in [1.29, 1.82) is 0 Å². The zero-order valence-electron chi connectivity index (χ0n) is 19.0. The van der Waals surface area contributed by atoms with Crippen molar-refractivity contribution in [3.63, 3.8) is 0 Å². The molecule has 1 N–H and O–H groups in total. The van der Waals surface area contributed by atoms with Gasteiger partial charge in [0.1, 0.15) is 17.5 Å². The van der Waals surface area contributed by atoms with Gasteiger partial charge in [0.2, 0.25) is 15.9 Å². The Hall–Kier alpha value is -3.45. The molecule has 1 heterocycles. The first kappa shape index (κ1) is 25.2. The minimum atomic E-state index is -4.05. The number of non-ortho nitro benzene ring substituents is 1. The Labute approximate surface area is 199 Å². The summed E-state index contributed by atoms with van der Waals surface area (Å²) in [6.07, 6.45) is 0.991. The van der Waals surface area contributed by atoms with Gasteiger partial charge in [0, 0.05) is 24.4 Å². The van der Waals surface area contributed by atoms with E-state index < -0.39 is 26.9 Å². The Balaban J connectivity index is 2.03. The molecule has 34 heavy (non-hydrogen) atoms. The predicted octanol–water partition coefficient (Wildman–Crippen LogP) is 3.18. The lowest BCUT2D eigenvalue weighted by molar-refractivity contribution is -0.384. The number of rotatable bonds is 9. The fourth-order valence-corrected chi connectivity index (χ4v) is 5.87. The summed E-state index contributed by atoms with van der Waals surface area (Å²) < 4.78 is 33.9. The van der Waals surface area contributed by atoms with Gasteiger partial charge in [0.05, 0.1) is 28.5 Å². The number of nitro benzene ring substituents is 1. The van der Waals surface area contributed by atoms with E-state index in [0.29, 0.717) is 16.9 Å². The van der Waals surface area contributed by atoms with Crippen LogP contribution in [0.5, 0.6) is 5.75 Å². The largest absolute Gasteiger partial charge is 0.495 e. The van der Waals surface area contributed by atoms with Gasteiger partial charge in [-0.25, -0.2) is 8.42 Å². The summed E-state index contributed by atoms with van der Waals surface area (Å²) in [6.45, 7) is 4.00. The first-order valence-corrected chi connectivity index (χ1v) is 12.9. The molecule has 3 rings (SSSR count). The lowest BCUT2D eigenvalue weighted by Gasteiger charge is -2.30. The number of nitro groups is 1. The first-order valence-electron chi connectivity index (χ1n) is 10.3. The van der Waals surface area contributed by atoms with Crippen LogP contribution < -0.4 is 19.2 Å². The Morgan fingerprint density at radius 2 is 1.97 bits per heavy atom. The molecule has 0 radical (unpaired) electrons. The van der Waals surface area contributed by atoms with E-state index in [-0.39, 0.29) is 28.4 Å². The van der Waals surface area contributed by atoms with Crippen LogP contribution in [0.25, 0.3) is 10.2 Å². The van der Waals surface area contributed by atoms with E-state index in [0.717, 1.165) is 33.5 Å².